The van der Waals surface area contributed by atoms with Gasteiger partial charge in [-0.15, -0.1) is 0 Å². The molecule has 1 fully saturated rings. The van der Waals surface area contributed by atoms with Crippen LogP contribution in [0.15, 0.2) is 47.2 Å². The third-order valence-corrected chi connectivity index (χ3v) is 4.93. The van der Waals surface area contributed by atoms with Gasteiger partial charge in [-0.1, -0.05) is 49.6 Å². The van der Waals surface area contributed by atoms with E-state index in [0.717, 1.165) is 31.2 Å². The van der Waals surface area contributed by atoms with Crippen LogP contribution in [0.25, 0.3) is 0 Å². The summed E-state index contributed by atoms with van der Waals surface area (Å²) in [5.74, 6) is 0.319. The Kier molecular flexibility index (Phi) is 3.52. The van der Waals surface area contributed by atoms with E-state index in [1.165, 1.54) is 12.0 Å². The van der Waals surface area contributed by atoms with Gasteiger partial charge in [0.25, 0.3) is 0 Å². The molecular formula is C17H18OS. The van der Waals surface area contributed by atoms with Gasteiger partial charge in [-0.05, 0) is 29.9 Å². The highest BCUT2D eigenvalue weighted by molar-refractivity contribution is 7.08. The third-order valence-electron chi connectivity index (χ3n) is 4.25. The molecule has 1 heterocycles. The zero-order valence-electron chi connectivity index (χ0n) is 11.0. The Balaban J connectivity index is 2.04. The quantitative estimate of drug-likeness (QED) is 0.730. The molecule has 0 radical (unpaired) electrons. The van der Waals surface area contributed by atoms with E-state index in [9.17, 15) is 4.79 Å². The van der Waals surface area contributed by atoms with Gasteiger partial charge >= 0.3 is 0 Å². The Hall–Kier alpha value is -1.41. The lowest BCUT2D eigenvalue weighted by molar-refractivity contribution is 0.0840. The minimum Gasteiger partial charge on any atom is -0.293 e. The molecule has 19 heavy (non-hydrogen) atoms. The van der Waals surface area contributed by atoms with Crippen molar-refractivity contribution in [3.05, 3.63) is 58.3 Å². The van der Waals surface area contributed by atoms with E-state index >= 15 is 0 Å². The zero-order chi connectivity index (χ0) is 13.1. The number of Topliss-reactive ketones (excluding diaryl/α,β-unsaturated/α-hetero) is 1. The van der Waals surface area contributed by atoms with Crippen molar-refractivity contribution in [3.63, 3.8) is 0 Å². The second-order valence-electron chi connectivity index (χ2n) is 5.35. The van der Waals surface area contributed by atoms with Gasteiger partial charge in [0.1, 0.15) is 0 Å². The number of hydrogen-bond donors (Lipinski definition) is 0. The van der Waals surface area contributed by atoms with Crippen LogP contribution in [-0.2, 0) is 5.41 Å². The van der Waals surface area contributed by atoms with Crippen molar-refractivity contribution in [3.8, 4) is 0 Å². The topological polar surface area (TPSA) is 17.1 Å². The average Bonchev–Trinajstić information content (AvgIpc) is 3.02. The molecule has 3 rings (SSSR count). The summed E-state index contributed by atoms with van der Waals surface area (Å²) in [7, 11) is 0. The van der Waals surface area contributed by atoms with Gasteiger partial charge in [-0.2, -0.15) is 11.3 Å². The molecule has 2 heteroatoms. The van der Waals surface area contributed by atoms with Crippen molar-refractivity contribution < 1.29 is 4.79 Å². The van der Waals surface area contributed by atoms with Gasteiger partial charge in [-0.3, -0.25) is 4.79 Å². The first-order valence-corrected chi connectivity index (χ1v) is 7.90. The first-order chi connectivity index (χ1) is 9.33. The summed E-state index contributed by atoms with van der Waals surface area (Å²) in [5, 5.41) is 3.98. The third kappa shape index (κ3) is 2.25. The van der Waals surface area contributed by atoms with Crippen LogP contribution in [0.4, 0.5) is 0 Å². The van der Waals surface area contributed by atoms with Crippen molar-refractivity contribution in [2.75, 3.05) is 0 Å². The lowest BCUT2D eigenvalue weighted by Gasteiger charge is -2.36. The lowest BCUT2D eigenvalue weighted by atomic mass is 9.65. The number of thiophene rings is 1. The number of ketones is 1. The molecule has 0 saturated heterocycles. The van der Waals surface area contributed by atoms with Gasteiger partial charge in [-0.25, -0.2) is 0 Å². The average molecular weight is 270 g/mol. The minimum atomic E-state index is -0.277. The van der Waals surface area contributed by atoms with Crippen LogP contribution in [0.3, 0.4) is 0 Å². The predicted octanol–water partition coefficient (Wildman–Crippen LogP) is 4.83. The summed E-state index contributed by atoms with van der Waals surface area (Å²) in [6, 6.07) is 12.3. The molecule has 2 aromatic rings. The fourth-order valence-corrected chi connectivity index (χ4v) is 3.87. The fraction of sp³-hybridized carbons (Fsp3) is 0.353. The Morgan fingerprint density at radius 3 is 2.37 bits per heavy atom. The predicted molar refractivity (Wildman–Crippen MR) is 79.9 cm³/mol. The summed E-state index contributed by atoms with van der Waals surface area (Å²) in [5.41, 5.74) is 1.81. The van der Waals surface area contributed by atoms with Crippen molar-refractivity contribution in [1.29, 1.82) is 0 Å². The summed E-state index contributed by atoms with van der Waals surface area (Å²) in [4.78, 5) is 13.0. The standard InChI is InChI=1S/C17H18OS/c18-16(14-9-12-19-13-14)17(10-5-2-6-11-17)15-7-3-1-4-8-15/h1,3-4,7-9,12-13H,2,5-6,10-11H2. The second-order valence-corrected chi connectivity index (χ2v) is 6.13. The van der Waals surface area contributed by atoms with E-state index in [-0.39, 0.29) is 5.41 Å². The maximum absolute atomic E-state index is 13.0. The summed E-state index contributed by atoms with van der Waals surface area (Å²) in [6.07, 6.45) is 5.55. The van der Waals surface area contributed by atoms with Crippen molar-refractivity contribution in [2.24, 2.45) is 0 Å². The number of carbonyl (C=O) groups excluding carboxylic acids is 1. The molecule has 0 aliphatic heterocycles. The van der Waals surface area contributed by atoms with Crippen LogP contribution in [-0.4, -0.2) is 5.78 Å². The molecule has 0 spiro atoms. The van der Waals surface area contributed by atoms with E-state index in [4.69, 9.17) is 0 Å². The van der Waals surface area contributed by atoms with E-state index < -0.39 is 0 Å². The molecule has 1 aliphatic carbocycles. The van der Waals surface area contributed by atoms with Gasteiger partial charge < -0.3 is 0 Å². The van der Waals surface area contributed by atoms with Gasteiger partial charge in [0.15, 0.2) is 5.78 Å². The fourth-order valence-electron chi connectivity index (χ4n) is 3.23. The Morgan fingerprint density at radius 1 is 1.00 bits per heavy atom. The highest BCUT2D eigenvalue weighted by atomic mass is 32.1. The molecule has 1 nitrogen and oxygen atoms in total. The smallest absolute Gasteiger partial charge is 0.174 e. The Morgan fingerprint density at radius 2 is 1.74 bits per heavy atom. The van der Waals surface area contributed by atoms with E-state index in [0.29, 0.717) is 5.78 Å². The van der Waals surface area contributed by atoms with Crippen molar-refractivity contribution in [2.45, 2.75) is 37.5 Å². The molecule has 1 saturated carbocycles. The van der Waals surface area contributed by atoms with Crippen molar-refractivity contribution >= 4 is 17.1 Å². The molecule has 0 bridgehead atoms. The zero-order valence-corrected chi connectivity index (χ0v) is 11.8. The SMILES string of the molecule is O=C(c1ccsc1)C1(c2ccccc2)CCCCC1. The molecule has 0 atom stereocenters. The maximum atomic E-state index is 13.0. The largest absolute Gasteiger partial charge is 0.293 e. The number of carbonyl (C=O) groups is 1. The molecule has 98 valence electrons. The monoisotopic (exact) mass is 270 g/mol. The lowest BCUT2D eigenvalue weighted by Crippen LogP contribution is -2.37. The van der Waals surface area contributed by atoms with Gasteiger partial charge in [0.2, 0.25) is 0 Å². The van der Waals surface area contributed by atoms with Crippen LogP contribution >= 0.6 is 11.3 Å². The first kappa shape index (κ1) is 12.6. The van der Waals surface area contributed by atoms with Gasteiger partial charge in [0.05, 0.1) is 5.41 Å². The van der Waals surface area contributed by atoms with Gasteiger partial charge in [0, 0.05) is 10.9 Å². The Labute approximate surface area is 118 Å². The molecule has 0 N–H and O–H groups in total. The van der Waals surface area contributed by atoms with Crippen LogP contribution in [0, 0.1) is 0 Å². The molecule has 0 unspecified atom stereocenters. The first-order valence-electron chi connectivity index (χ1n) is 6.95. The maximum Gasteiger partial charge on any atom is 0.174 e. The van der Waals surface area contributed by atoms with Crippen LogP contribution in [0.5, 0.6) is 0 Å². The normalized spacial score (nSPS) is 18.1. The highest BCUT2D eigenvalue weighted by Crippen LogP contribution is 2.42. The number of hydrogen-bond acceptors (Lipinski definition) is 2. The molecule has 1 aromatic carbocycles. The minimum absolute atomic E-state index is 0.277. The van der Waals surface area contributed by atoms with Crippen LogP contribution < -0.4 is 0 Å². The molecule has 0 amide bonds. The summed E-state index contributed by atoms with van der Waals surface area (Å²) >= 11 is 1.60. The number of benzene rings is 1. The van der Waals surface area contributed by atoms with Crippen molar-refractivity contribution in [1.82, 2.24) is 0 Å². The highest BCUT2D eigenvalue weighted by Gasteiger charge is 2.41. The van der Waals surface area contributed by atoms with E-state index in [1.807, 2.05) is 35.0 Å². The number of rotatable bonds is 3. The molecule has 1 aliphatic rings. The van der Waals surface area contributed by atoms with Crippen LogP contribution in [0.1, 0.15) is 48.0 Å². The summed E-state index contributed by atoms with van der Waals surface area (Å²) in [6.45, 7) is 0. The van der Waals surface area contributed by atoms with E-state index in [1.54, 1.807) is 11.3 Å². The second kappa shape index (κ2) is 5.30. The summed E-state index contributed by atoms with van der Waals surface area (Å²) < 4.78 is 0. The molecular weight excluding hydrogens is 252 g/mol. The Bertz CT molecular complexity index is 536. The van der Waals surface area contributed by atoms with Crippen LogP contribution in [0.2, 0.25) is 0 Å². The molecule has 1 aromatic heterocycles. The van der Waals surface area contributed by atoms with E-state index in [2.05, 4.69) is 12.1 Å².